The van der Waals surface area contributed by atoms with E-state index in [1.54, 1.807) is 14.1 Å². The number of nitrogens with zero attached hydrogens (tertiary/aromatic N) is 2. The number of rotatable bonds is 2. The summed E-state index contributed by atoms with van der Waals surface area (Å²) >= 11 is 0. The summed E-state index contributed by atoms with van der Waals surface area (Å²) in [5.41, 5.74) is 9.67. The van der Waals surface area contributed by atoms with Gasteiger partial charge in [-0.2, -0.15) is 0 Å². The molecule has 0 fully saturated rings. The van der Waals surface area contributed by atoms with Crippen LogP contribution in [0.15, 0.2) is 6.07 Å². The van der Waals surface area contributed by atoms with Gasteiger partial charge < -0.3 is 15.6 Å². The number of fused-ring (bicyclic) bond motifs is 1. The molecule has 0 aliphatic rings. The molecule has 0 aliphatic heterocycles. The minimum atomic E-state index is -0.181. The molecule has 0 bridgehead atoms. The number of hydrogen-bond donors (Lipinski definition) is 2. The van der Waals surface area contributed by atoms with Crippen molar-refractivity contribution in [3.8, 4) is 0 Å². The van der Waals surface area contributed by atoms with Crippen molar-refractivity contribution in [2.45, 2.75) is 20.3 Å². The molecular formula is C13H18N4O. The molecule has 0 aliphatic carbocycles. The SMILES string of the molecule is CCc1c(C)[nH]c2nc(C(=O)N(C)C)c(N)cc12. The van der Waals surface area contributed by atoms with Gasteiger partial charge in [0.2, 0.25) is 0 Å². The molecule has 0 saturated carbocycles. The Morgan fingerprint density at radius 3 is 2.72 bits per heavy atom. The van der Waals surface area contributed by atoms with Crippen LogP contribution in [0.3, 0.4) is 0 Å². The van der Waals surface area contributed by atoms with Crippen LogP contribution >= 0.6 is 0 Å². The Morgan fingerprint density at radius 1 is 1.50 bits per heavy atom. The molecule has 3 N–H and O–H groups in total. The molecular weight excluding hydrogens is 228 g/mol. The summed E-state index contributed by atoms with van der Waals surface area (Å²) in [6, 6.07) is 1.83. The van der Waals surface area contributed by atoms with Crippen molar-refractivity contribution in [3.05, 3.63) is 23.0 Å². The molecule has 0 aromatic carbocycles. The van der Waals surface area contributed by atoms with Crippen LogP contribution in [-0.2, 0) is 6.42 Å². The van der Waals surface area contributed by atoms with Crippen LogP contribution in [0.5, 0.6) is 0 Å². The Balaban J connectivity index is 2.67. The van der Waals surface area contributed by atoms with Crippen molar-refractivity contribution in [2.24, 2.45) is 0 Å². The first kappa shape index (κ1) is 12.4. The van der Waals surface area contributed by atoms with Gasteiger partial charge in [0.05, 0.1) is 5.69 Å². The molecule has 2 aromatic rings. The molecule has 18 heavy (non-hydrogen) atoms. The molecule has 0 saturated heterocycles. The largest absolute Gasteiger partial charge is 0.397 e. The Labute approximate surface area is 106 Å². The molecule has 0 atom stereocenters. The number of aryl methyl sites for hydroxylation is 2. The lowest BCUT2D eigenvalue weighted by Gasteiger charge is -2.11. The summed E-state index contributed by atoms with van der Waals surface area (Å²) < 4.78 is 0. The van der Waals surface area contributed by atoms with Gasteiger partial charge in [-0.05, 0) is 25.0 Å². The van der Waals surface area contributed by atoms with Crippen molar-refractivity contribution in [1.29, 1.82) is 0 Å². The molecule has 1 amide bonds. The second-order valence-electron chi connectivity index (χ2n) is 4.60. The van der Waals surface area contributed by atoms with Crippen molar-refractivity contribution >= 4 is 22.6 Å². The summed E-state index contributed by atoms with van der Waals surface area (Å²) in [5.74, 6) is -0.181. The first-order chi connectivity index (χ1) is 8.45. The standard InChI is InChI=1S/C13H18N4O/c1-5-8-7(2)15-12-9(8)6-10(14)11(16-12)13(18)17(3)4/h6H,5,14H2,1-4H3,(H,15,16). The van der Waals surface area contributed by atoms with E-state index in [1.807, 2.05) is 13.0 Å². The van der Waals surface area contributed by atoms with Crippen LogP contribution in [0.1, 0.15) is 28.7 Å². The fourth-order valence-corrected chi connectivity index (χ4v) is 2.15. The molecule has 2 heterocycles. The van der Waals surface area contributed by atoms with Gasteiger partial charge in [-0.1, -0.05) is 6.92 Å². The summed E-state index contributed by atoms with van der Waals surface area (Å²) in [7, 11) is 3.37. The van der Waals surface area contributed by atoms with Crippen molar-refractivity contribution in [1.82, 2.24) is 14.9 Å². The average molecular weight is 246 g/mol. The van der Waals surface area contributed by atoms with E-state index in [0.29, 0.717) is 11.4 Å². The van der Waals surface area contributed by atoms with Crippen LogP contribution in [0.2, 0.25) is 0 Å². The van der Waals surface area contributed by atoms with Crippen LogP contribution in [0.25, 0.3) is 11.0 Å². The van der Waals surface area contributed by atoms with Gasteiger partial charge in [0.15, 0.2) is 5.69 Å². The van der Waals surface area contributed by atoms with Crippen molar-refractivity contribution in [3.63, 3.8) is 0 Å². The zero-order chi connectivity index (χ0) is 13.4. The molecule has 2 rings (SSSR count). The maximum atomic E-state index is 11.9. The van der Waals surface area contributed by atoms with Gasteiger partial charge >= 0.3 is 0 Å². The molecule has 0 radical (unpaired) electrons. The molecule has 0 unspecified atom stereocenters. The summed E-state index contributed by atoms with van der Waals surface area (Å²) in [6.07, 6.45) is 0.911. The van der Waals surface area contributed by atoms with E-state index in [2.05, 4.69) is 16.9 Å². The second kappa shape index (κ2) is 4.33. The van der Waals surface area contributed by atoms with Crippen LogP contribution in [0.4, 0.5) is 5.69 Å². The fourth-order valence-electron chi connectivity index (χ4n) is 2.15. The minimum Gasteiger partial charge on any atom is -0.397 e. The van der Waals surface area contributed by atoms with Crippen molar-refractivity contribution < 1.29 is 4.79 Å². The highest BCUT2D eigenvalue weighted by Gasteiger charge is 2.17. The van der Waals surface area contributed by atoms with Gasteiger partial charge in [-0.25, -0.2) is 4.98 Å². The van der Waals surface area contributed by atoms with Crippen LogP contribution < -0.4 is 5.73 Å². The average Bonchev–Trinajstić information content (AvgIpc) is 2.61. The number of carbonyl (C=O) groups is 1. The molecule has 0 spiro atoms. The minimum absolute atomic E-state index is 0.181. The Hall–Kier alpha value is -2.04. The highest BCUT2D eigenvalue weighted by atomic mass is 16.2. The van der Waals surface area contributed by atoms with Crippen LogP contribution in [0, 0.1) is 6.92 Å². The van der Waals surface area contributed by atoms with Crippen molar-refractivity contribution in [2.75, 3.05) is 19.8 Å². The topological polar surface area (TPSA) is 75.0 Å². The highest BCUT2D eigenvalue weighted by molar-refractivity contribution is 6.00. The molecule has 96 valence electrons. The number of anilines is 1. The quantitative estimate of drug-likeness (QED) is 0.847. The van der Waals surface area contributed by atoms with E-state index in [4.69, 9.17) is 5.73 Å². The fraction of sp³-hybridized carbons (Fsp3) is 0.385. The summed E-state index contributed by atoms with van der Waals surface area (Å²) in [5, 5.41) is 1.00. The number of nitrogens with two attached hydrogens (primary N) is 1. The van der Waals surface area contributed by atoms with Crippen LogP contribution in [-0.4, -0.2) is 34.9 Å². The third-order valence-electron chi connectivity index (χ3n) is 3.10. The molecule has 5 nitrogen and oxygen atoms in total. The van der Waals surface area contributed by atoms with Gasteiger partial charge in [0.1, 0.15) is 5.65 Å². The Morgan fingerprint density at radius 2 is 2.17 bits per heavy atom. The predicted molar refractivity (Wildman–Crippen MR) is 72.6 cm³/mol. The number of amides is 1. The maximum Gasteiger partial charge on any atom is 0.274 e. The summed E-state index contributed by atoms with van der Waals surface area (Å²) in [6.45, 7) is 4.09. The van der Waals surface area contributed by atoms with Gasteiger partial charge in [0, 0.05) is 25.2 Å². The van der Waals surface area contributed by atoms with E-state index in [1.165, 1.54) is 10.5 Å². The number of H-pyrrole nitrogens is 1. The molecule has 2 aromatic heterocycles. The number of hydrogen-bond acceptors (Lipinski definition) is 3. The number of carbonyl (C=O) groups excluding carboxylic acids is 1. The third kappa shape index (κ3) is 1.81. The van der Waals surface area contributed by atoms with Gasteiger partial charge in [-0.15, -0.1) is 0 Å². The lowest BCUT2D eigenvalue weighted by Crippen LogP contribution is -2.24. The third-order valence-corrected chi connectivity index (χ3v) is 3.10. The first-order valence-corrected chi connectivity index (χ1v) is 5.95. The normalized spacial score (nSPS) is 10.9. The monoisotopic (exact) mass is 246 g/mol. The number of pyridine rings is 1. The van der Waals surface area contributed by atoms with E-state index >= 15 is 0 Å². The van der Waals surface area contributed by atoms with E-state index in [0.717, 1.165) is 23.1 Å². The van der Waals surface area contributed by atoms with E-state index in [-0.39, 0.29) is 5.91 Å². The number of aromatic nitrogens is 2. The number of nitrogen functional groups attached to an aromatic ring is 1. The zero-order valence-electron chi connectivity index (χ0n) is 11.2. The lowest BCUT2D eigenvalue weighted by atomic mass is 10.1. The Bertz CT molecular complexity index is 613. The molecule has 5 heteroatoms. The Kier molecular flexibility index (Phi) is 2.98. The van der Waals surface area contributed by atoms with E-state index in [9.17, 15) is 4.79 Å². The summed E-state index contributed by atoms with van der Waals surface area (Å²) in [4.78, 5) is 21.0. The highest BCUT2D eigenvalue weighted by Crippen LogP contribution is 2.25. The first-order valence-electron chi connectivity index (χ1n) is 5.95. The predicted octanol–water partition coefficient (Wildman–Crippen LogP) is 1.72. The van der Waals surface area contributed by atoms with Gasteiger partial charge in [-0.3, -0.25) is 4.79 Å². The lowest BCUT2D eigenvalue weighted by molar-refractivity contribution is 0.0823. The smallest absolute Gasteiger partial charge is 0.274 e. The van der Waals surface area contributed by atoms with E-state index < -0.39 is 0 Å². The number of aromatic amines is 1. The second-order valence-corrected chi connectivity index (χ2v) is 4.60. The van der Waals surface area contributed by atoms with Gasteiger partial charge in [0.25, 0.3) is 5.91 Å². The maximum absolute atomic E-state index is 11.9. The zero-order valence-corrected chi connectivity index (χ0v) is 11.2. The number of nitrogens with one attached hydrogen (secondary N) is 1.